The fourth-order valence-corrected chi connectivity index (χ4v) is 6.28. The van der Waals surface area contributed by atoms with Crippen LogP contribution in [0.25, 0.3) is 22.3 Å². The number of aryl methyl sites for hydroxylation is 2. The van der Waals surface area contributed by atoms with Gasteiger partial charge in [0.2, 0.25) is 11.8 Å². The smallest absolute Gasteiger partial charge is 0.256 e. The first-order valence-corrected chi connectivity index (χ1v) is 17.0. The maximum absolute atomic E-state index is 14.2. The number of hydrogen-bond acceptors (Lipinski definition) is 6. The van der Waals surface area contributed by atoms with E-state index >= 15 is 0 Å². The van der Waals surface area contributed by atoms with Crippen molar-refractivity contribution in [1.82, 2.24) is 35.3 Å². The predicted octanol–water partition coefficient (Wildman–Crippen LogP) is 5.03. The van der Waals surface area contributed by atoms with Crippen molar-refractivity contribution in [3.63, 3.8) is 0 Å². The fraction of sp³-hybridized carbons (Fsp3) is 0.441. The van der Waals surface area contributed by atoms with Crippen molar-refractivity contribution in [1.29, 1.82) is 0 Å². The van der Waals surface area contributed by atoms with Crippen LogP contribution in [-0.2, 0) is 16.1 Å². The summed E-state index contributed by atoms with van der Waals surface area (Å²) in [4.78, 5) is 51.0. The van der Waals surface area contributed by atoms with E-state index in [2.05, 4.69) is 22.5 Å². The Kier molecular flexibility index (Phi) is 10.3. The molecule has 1 aliphatic rings. The summed E-state index contributed by atoms with van der Waals surface area (Å²) >= 11 is 1.63. The van der Waals surface area contributed by atoms with Crippen LogP contribution in [0, 0.1) is 19.8 Å². The zero-order valence-corrected chi connectivity index (χ0v) is 27.5. The first-order chi connectivity index (χ1) is 21.7. The van der Waals surface area contributed by atoms with E-state index < -0.39 is 12.1 Å². The molecule has 3 amide bonds. The van der Waals surface area contributed by atoms with Gasteiger partial charge in [-0.3, -0.25) is 14.4 Å². The Balaban J connectivity index is 1.55. The van der Waals surface area contributed by atoms with Gasteiger partial charge in [-0.05, 0) is 56.2 Å². The second-order valence-electron chi connectivity index (χ2n) is 12.0. The SMILES string of the molecule is CSCC[C@@H]1NC(=O)CCCN(C(=O)c2cccc3c(C)c(C)[nH]c23)CCn2nc(-c3ccccc3)nc2[C@@H](C(C)C)NC1=O. The third-order valence-electron chi connectivity index (χ3n) is 8.51. The number of aromatic nitrogens is 4. The van der Waals surface area contributed by atoms with Crippen molar-refractivity contribution in [3.8, 4) is 11.4 Å². The number of para-hydroxylation sites is 1. The number of rotatable bonds is 6. The number of nitrogens with one attached hydrogen (secondary N) is 3. The zero-order chi connectivity index (χ0) is 32.1. The summed E-state index contributed by atoms with van der Waals surface area (Å²) in [7, 11) is 0. The molecule has 45 heavy (non-hydrogen) atoms. The van der Waals surface area contributed by atoms with Crippen LogP contribution in [0.15, 0.2) is 48.5 Å². The molecule has 0 bridgehead atoms. The molecule has 2 atom stereocenters. The Bertz CT molecular complexity index is 1660. The van der Waals surface area contributed by atoms with Crippen LogP contribution in [0.1, 0.15) is 66.6 Å². The van der Waals surface area contributed by atoms with E-state index in [9.17, 15) is 14.4 Å². The third kappa shape index (κ3) is 7.24. The Morgan fingerprint density at radius 3 is 2.53 bits per heavy atom. The molecule has 5 rings (SSSR count). The highest BCUT2D eigenvalue weighted by Gasteiger charge is 2.30. The molecule has 2 aromatic carbocycles. The minimum atomic E-state index is -0.672. The lowest BCUT2D eigenvalue weighted by atomic mass is 10.0. The molecule has 0 spiro atoms. The number of carbonyl (C=O) groups is 3. The standard InChI is InChI=1S/C34H43N7O3S/c1-21(2)29-32-38-31(24-11-7-6-8-12-24)39-41(32)19-18-40(17-10-15-28(42)36-27(16-20-45-5)33(43)37-29)34(44)26-14-9-13-25-22(3)23(4)35-30(25)26/h6-9,11-14,21,27,29,35H,10,15-20H2,1-5H3,(H,36,42)(H,37,43)/t27-,29+/m0/s1. The highest BCUT2D eigenvalue weighted by atomic mass is 32.2. The number of aromatic amines is 1. The van der Waals surface area contributed by atoms with Gasteiger partial charge < -0.3 is 20.5 Å². The second kappa shape index (κ2) is 14.3. The summed E-state index contributed by atoms with van der Waals surface area (Å²) in [6.45, 7) is 9.23. The molecule has 0 radical (unpaired) electrons. The van der Waals surface area contributed by atoms with Gasteiger partial charge in [-0.2, -0.15) is 16.9 Å². The van der Waals surface area contributed by atoms with Crippen molar-refractivity contribution >= 4 is 40.4 Å². The molecule has 2 aromatic heterocycles. The normalized spacial score (nSPS) is 18.4. The predicted molar refractivity (Wildman–Crippen MR) is 179 cm³/mol. The average Bonchev–Trinajstić information content (AvgIpc) is 3.59. The van der Waals surface area contributed by atoms with Gasteiger partial charge in [0, 0.05) is 36.2 Å². The Hall–Kier alpha value is -4.12. The van der Waals surface area contributed by atoms with Crippen LogP contribution in [0.2, 0.25) is 0 Å². The first-order valence-electron chi connectivity index (χ1n) is 15.6. The van der Waals surface area contributed by atoms with Crippen molar-refractivity contribution in [3.05, 3.63) is 71.2 Å². The number of thioether (sulfide) groups is 1. The number of benzene rings is 2. The van der Waals surface area contributed by atoms with Gasteiger partial charge in [0.1, 0.15) is 6.04 Å². The van der Waals surface area contributed by atoms with Gasteiger partial charge in [0.25, 0.3) is 5.91 Å². The maximum Gasteiger partial charge on any atom is 0.256 e. The van der Waals surface area contributed by atoms with Crippen molar-refractivity contribution < 1.29 is 14.4 Å². The topological polar surface area (TPSA) is 125 Å². The highest BCUT2D eigenvalue weighted by molar-refractivity contribution is 7.98. The van der Waals surface area contributed by atoms with Gasteiger partial charge in [0.15, 0.2) is 11.6 Å². The van der Waals surface area contributed by atoms with Crippen LogP contribution < -0.4 is 10.6 Å². The van der Waals surface area contributed by atoms with Gasteiger partial charge in [-0.1, -0.05) is 56.3 Å². The molecule has 11 heteroatoms. The molecule has 0 saturated carbocycles. The number of H-pyrrole nitrogens is 1. The van der Waals surface area contributed by atoms with Gasteiger partial charge >= 0.3 is 0 Å². The van der Waals surface area contributed by atoms with E-state index in [0.29, 0.717) is 49.7 Å². The van der Waals surface area contributed by atoms with Crippen LogP contribution in [0.5, 0.6) is 0 Å². The summed E-state index contributed by atoms with van der Waals surface area (Å²) in [5, 5.41) is 12.1. The molecular weight excluding hydrogens is 586 g/mol. The van der Waals surface area contributed by atoms with Crippen LogP contribution in [-0.4, -0.2) is 73.5 Å². The quantitative estimate of drug-likeness (QED) is 0.275. The lowest BCUT2D eigenvalue weighted by molar-refractivity contribution is -0.129. The van der Waals surface area contributed by atoms with Crippen molar-refractivity contribution in [2.24, 2.45) is 5.92 Å². The number of carbonyl (C=O) groups excluding carboxylic acids is 3. The maximum atomic E-state index is 14.2. The third-order valence-corrected chi connectivity index (χ3v) is 9.16. The van der Waals surface area contributed by atoms with E-state index in [1.54, 1.807) is 16.7 Å². The second-order valence-corrected chi connectivity index (χ2v) is 13.0. The molecule has 0 saturated heterocycles. The lowest BCUT2D eigenvalue weighted by Gasteiger charge is -2.28. The largest absolute Gasteiger partial charge is 0.358 e. The van der Waals surface area contributed by atoms with E-state index in [1.165, 1.54) is 0 Å². The summed E-state index contributed by atoms with van der Waals surface area (Å²) in [6, 6.07) is 14.4. The lowest BCUT2D eigenvalue weighted by Crippen LogP contribution is -2.49. The minimum absolute atomic E-state index is 0.0139. The molecule has 4 aromatic rings. The summed E-state index contributed by atoms with van der Waals surface area (Å²) < 4.78 is 1.83. The van der Waals surface area contributed by atoms with Crippen molar-refractivity contribution in [2.75, 3.05) is 25.1 Å². The number of fused-ring (bicyclic) bond motifs is 2. The highest BCUT2D eigenvalue weighted by Crippen LogP contribution is 2.27. The number of amides is 3. The molecule has 0 fully saturated rings. The molecular formula is C34H43N7O3S. The van der Waals surface area contributed by atoms with Crippen molar-refractivity contribution in [2.45, 2.75) is 65.6 Å². The van der Waals surface area contributed by atoms with Crippen LogP contribution >= 0.6 is 11.8 Å². The molecule has 3 heterocycles. The zero-order valence-electron chi connectivity index (χ0n) is 26.7. The monoisotopic (exact) mass is 629 g/mol. The molecule has 10 nitrogen and oxygen atoms in total. The number of nitrogens with zero attached hydrogens (tertiary/aromatic N) is 4. The molecule has 0 aliphatic carbocycles. The Morgan fingerprint density at radius 1 is 1.02 bits per heavy atom. The fourth-order valence-electron chi connectivity index (χ4n) is 5.80. The Morgan fingerprint density at radius 2 is 1.80 bits per heavy atom. The molecule has 3 N–H and O–H groups in total. The van der Waals surface area contributed by atoms with Gasteiger partial charge in [-0.25, -0.2) is 9.67 Å². The van der Waals surface area contributed by atoms with Crippen LogP contribution in [0.4, 0.5) is 0 Å². The molecule has 1 aliphatic heterocycles. The van der Waals surface area contributed by atoms with E-state index in [1.807, 2.05) is 80.2 Å². The minimum Gasteiger partial charge on any atom is -0.358 e. The van der Waals surface area contributed by atoms with Gasteiger partial charge in [0.05, 0.1) is 23.7 Å². The Labute approximate surface area is 268 Å². The van der Waals surface area contributed by atoms with E-state index in [0.717, 1.165) is 33.5 Å². The summed E-state index contributed by atoms with van der Waals surface area (Å²) in [6.07, 6.45) is 3.16. The van der Waals surface area contributed by atoms with E-state index in [-0.39, 0.29) is 30.1 Å². The number of hydrogen-bond donors (Lipinski definition) is 3. The van der Waals surface area contributed by atoms with Crippen LogP contribution in [0.3, 0.4) is 0 Å². The molecule has 0 unspecified atom stereocenters. The first kappa shape index (κ1) is 32.3. The summed E-state index contributed by atoms with van der Waals surface area (Å²) in [5.41, 5.74) is 4.44. The molecule has 238 valence electrons. The summed E-state index contributed by atoms with van der Waals surface area (Å²) in [5.74, 6) is 1.35. The van der Waals surface area contributed by atoms with E-state index in [4.69, 9.17) is 10.1 Å². The average molecular weight is 630 g/mol. The van der Waals surface area contributed by atoms with Gasteiger partial charge in [-0.15, -0.1) is 0 Å².